The van der Waals surface area contributed by atoms with E-state index in [-0.39, 0.29) is 29.1 Å². The molecule has 1 saturated heterocycles. The highest BCUT2D eigenvalue weighted by Crippen LogP contribution is 2.35. The van der Waals surface area contributed by atoms with Crippen LogP contribution in [0.2, 0.25) is 5.02 Å². The first-order chi connectivity index (χ1) is 15.3. The SMILES string of the molecule is Cc1nc2ccc(S(=O)(=O)N3CCOCC3)cc2c2c1C(=O)N(c1ccc(Cl)cc1)C2=O. The number of aromatic nitrogens is 1. The van der Waals surface area contributed by atoms with Gasteiger partial charge in [0.05, 0.1) is 46.1 Å². The van der Waals surface area contributed by atoms with Crippen molar-refractivity contribution in [2.45, 2.75) is 11.8 Å². The summed E-state index contributed by atoms with van der Waals surface area (Å²) in [5, 5.41) is 0.807. The monoisotopic (exact) mass is 471 g/mol. The zero-order chi connectivity index (χ0) is 22.6. The van der Waals surface area contributed by atoms with Gasteiger partial charge in [0.25, 0.3) is 11.8 Å². The van der Waals surface area contributed by atoms with Gasteiger partial charge in [-0.05, 0) is 49.4 Å². The number of hydrogen-bond acceptors (Lipinski definition) is 6. The summed E-state index contributed by atoms with van der Waals surface area (Å²) in [6.07, 6.45) is 0. The van der Waals surface area contributed by atoms with E-state index in [1.54, 1.807) is 37.3 Å². The summed E-state index contributed by atoms with van der Waals surface area (Å²) in [6.45, 7) is 2.82. The molecule has 32 heavy (non-hydrogen) atoms. The van der Waals surface area contributed by atoms with Crippen LogP contribution in [-0.2, 0) is 14.8 Å². The lowest BCUT2D eigenvalue weighted by atomic mass is 10.0. The molecule has 164 valence electrons. The maximum Gasteiger partial charge on any atom is 0.268 e. The molecule has 0 atom stereocenters. The smallest absolute Gasteiger partial charge is 0.268 e. The van der Waals surface area contributed by atoms with Gasteiger partial charge >= 0.3 is 0 Å². The van der Waals surface area contributed by atoms with Crippen LogP contribution in [0.5, 0.6) is 0 Å². The van der Waals surface area contributed by atoms with Crippen molar-refractivity contribution < 1.29 is 22.7 Å². The van der Waals surface area contributed by atoms with E-state index in [0.717, 1.165) is 4.90 Å². The Balaban J connectivity index is 1.67. The number of pyridine rings is 1. The van der Waals surface area contributed by atoms with Crippen LogP contribution in [0.25, 0.3) is 10.9 Å². The van der Waals surface area contributed by atoms with E-state index >= 15 is 0 Å². The lowest BCUT2D eigenvalue weighted by Gasteiger charge is -2.26. The average molecular weight is 472 g/mol. The Morgan fingerprint density at radius 1 is 0.969 bits per heavy atom. The maximum atomic E-state index is 13.4. The van der Waals surface area contributed by atoms with Crippen LogP contribution in [0.4, 0.5) is 5.69 Å². The highest BCUT2D eigenvalue weighted by Gasteiger charge is 2.40. The first-order valence-corrected chi connectivity index (χ1v) is 11.8. The van der Waals surface area contributed by atoms with E-state index in [1.165, 1.54) is 16.4 Å². The van der Waals surface area contributed by atoms with Gasteiger partial charge in [-0.1, -0.05) is 11.6 Å². The molecule has 5 rings (SSSR count). The number of carbonyl (C=O) groups is 2. The molecule has 10 heteroatoms. The minimum atomic E-state index is -3.78. The molecular formula is C22H18ClN3O5S. The molecule has 2 amide bonds. The zero-order valence-electron chi connectivity index (χ0n) is 17.0. The molecule has 2 aromatic carbocycles. The lowest BCUT2D eigenvalue weighted by Crippen LogP contribution is -2.40. The number of aryl methyl sites for hydroxylation is 1. The van der Waals surface area contributed by atoms with Gasteiger partial charge < -0.3 is 4.74 Å². The second-order valence-electron chi connectivity index (χ2n) is 7.56. The number of halogens is 1. The fraction of sp³-hybridized carbons (Fsp3) is 0.227. The van der Waals surface area contributed by atoms with E-state index in [9.17, 15) is 18.0 Å². The number of nitrogens with zero attached hydrogens (tertiary/aromatic N) is 3. The summed E-state index contributed by atoms with van der Waals surface area (Å²) < 4.78 is 32.9. The molecule has 1 fully saturated rings. The number of rotatable bonds is 3. The van der Waals surface area contributed by atoms with E-state index in [4.69, 9.17) is 16.3 Å². The number of amides is 2. The van der Waals surface area contributed by atoms with Crippen LogP contribution in [0.3, 0.4) is 0 Å². The Morgan fingerprint density at radius 2 is 1.62 bits per heavy atom. The Hall–Kier alpha value is -2.85. The number of fused-ring (bicyclic) bond motifs is 3. The third-order valence-electron chi connectivity index (χ3n) is 5.66. The van der Waals surface area contributed by atoms with Crippen molar-refractivity contribution >= 4 is 50.0 Å². The molecule has 0 spiro atoms. The number of carbonyl (C=O) groups excluding carboxylic acids is 2. The molecule has 0 bridgehead atoms. The van der Waals surface area contributed by atoms with Gasteiger partial charge in [0.2, 0.25) is 10.0 Å². The quantitative estimate of drug-likeness (QED) is 0.545. The summed E-state index contributed by atoms with van der Waals surface area (Å²) in [5.74, 6) is -1.02. The fourth-order valence-corrected chi connectivity index (χ4v) is 5.65. The second kappa shape index (κ2) is 7.63. The van der Waals surface area contributed by atoms with Gasteiger partial charge in [-0.3, -0.25) is 14.6 Å². The minimum Gasteiger partial charge on any atom is -0.379 e. The van der Waals surface area contributed by atoms with Crippen molar-refractivity contribution in [3.05, 3.63) is 64.3 Å². The third-order valence-corrected chi connectivity index (χ3v) is 7.81. The minimum absolute atomic E-state index is 0.0462. The molecule has 0 saturated carbocycles. The van der Waals surface area contributed by atoms with Crippen molar-refractivity contribution in [2.24, 2.45) is 0 Å². The van der Waals surface area contributed by atoms with E-state index in [0.29, 0.717) is 40.5 Å². The van der Waals surface area contributed by atoms with Crippen LogP contribution in [0, 0.1) is 6.92 Å². The molecule has 2 aliphatic rings. The fourth-order valence-electron chi connectivity index (χ4n) is 4.09. The summed E-state index contributed by atoms with van der Waals surface area (Å²) in [7, 11) is -3.78. The first-order valence-electron chi connectivity index (χ1n) is 9.95. The molecule has 3 heterocycles. The molecule has 0 unspecified atom stereocenters. The maximum absolute atomic E-state index is 13.4. The molecule has 2 aliphatic heterocycles. The summed E-state index contributed by atoms with van der Waals surface area (Å²) in [5.41, 5.74) is 1.57. The standard InChI is InChI=1S/C22H18ClN3O5S/c1-13-19-20(22(28)26(21(19)27)15-4-2-14(23)3-5-15)17-12-16(6-7-18(17)24-13)32(29,30)25-8-10-31-11-9-25/h2-7,12H,8-11H2,1H3. The highest BCUT2D eigenvalue weighted by atomic mass is 35.5. The van der Waals surface area contributed by atoms with Crippen LogP contribution in [-0.4, -0.2) is 55.8 Å². The summed E-state index contributed by atoms with van der Waals surface area (Å²) in [6, 6.07) is 10.8. The van der Waals surface area contributed by atoms with E-state index < -0.39 is 21.8 Å². The van der Waals surface area contributed by atoms with Crippen molar-refractivity contribution in [3.63, 3.8) is 0 Å². The third kappa shape index (κ3) is 3.20. The normalized spacial score (nSPS) is 17.2. The van der Waals surface area contributed by atoms with Crippen molar-refractivity contribution in [1.82, 2.24) is 9.29 Å². The van der Waals surface area contributed by atoms with Crippen LogP contribution in [0.1, 0.15) is 26.4 Å². The average Bonchev–Trinajstić information content (AvgIpc) is 3.06. The molecule has 0 radical (unpaired) electrons. The van der Waals surface area contributed by atoms with Gasteiger partial charge in [0.1, 0.15) is 0 Å². The second-order valence-corrected chi connectivity index (χ2v) is 9.94. The molecule has 1 aromatic heterocycles. The molecular weight excluding hydrogens is 454 g/mol. The number of hydrogen-bond donors (Lipinski definition) is 0. The van der Waals surface area contributed by atoms with Gasteiger partial charge in [-0.2, -0.15) is 4.31 Å². The molecule has 8 nitrogen and oxygen atoms in total. The lowest BCUT2D eigenvalue weighted by molar-refractivity contribution is 0.0730. The topological polar surface area (TPSA) is 96.9 Å². The first kappa shape index (κ1) is 21.0. The zero-order valence-corrected chi connectivity index (χ0v) is 18.6. The van der Waals surface area contributed by atoms with Gasteiger partial charge in [-0.15, -0.1) is 0 Å². The van der Waals surface area contributed by atoms with E-state index in [2.05, 4.69) is 4.98 Å². The number of imide groups is 1. The van der Waals surface area contributed by atoms with E-state index in [1.807, 2.05) is 0 Å². The van der Waals surface area contributed by atoms with Gasteiger partial charge in [0.15, 0.2) is 0 Å². The number of ether oxygens (including phenoxy) is 1. The van der Waals surface area contributed by atoms with Crippen molar-refractivity contribution in [2.75, 3.05) is 31.2 Å². The summed E-state index contributed by atoms with van der Waals surface area (Å²) in [4.78, 5) is 32.1. The Bertz CT molecular complexity index is 1380. The van der Waals surface area contributed by atoms with Crippen LogP contribution in [0.15, 0.2) is 47.4 Å². The van der Waals surface area contributed by atoms with Gasteiger partial charge in [0, 0.05) is 23.5 Å². The molecule has 0 aliphatic carbocycles. The number of benzene rings is 2. The Labute approximate surface area is 189 Å². The summed E-state index contributed by atoms with van der Waals surface area (Å²) >= 11 is 5.94. The predicted molar refractivity (Wildman–Crippen MR) is 119 cm³/mol. The largest absolute Gasteiger partial charge is 0.379 e. The Morgan fingerprint density at radius 3 is 2.31 bits per heavy atom. The number of morpholine rings is 1. The Kier molecular flexibility index (Phi) is 5.01. The van der Waals surface area contributed by atoms with Gasteiger partial charge in [-0.25, -0.2) is 13.3 Å². The van der Waals surface area contributed by atoms with Crippen molar-refractivity contribution in [3.8, 4) is 0 Å². The van der Waals surface area contributed by atoms with Crippen LogP contribution < -0.4 is 4.90 Å². The number of sulfonamides is 1. The highest BCUT2D eigenvalue weighted by molar-refractivity contribution is 7.89. The van der Waals surface area contributed by atoms with Crippen molar-refractivity contribution in [1.29, 1.82) is 0 Å². The molecule has 3 aromatic rings. The predicted octanol–water partition coefficient (Wildman–Crippen LogP) is 3.02. The molecule has 0 N–H and O–H groups in total. The van der Waals surface area contributed by atoms with Crippen LogP contribution >= 0.6 is 11.6 Å². The number of anilines is 1.